The van der Waals surface area contributed by atoms with Gasteiger partial charge in [0.05, 0.1) is 6.26 Å². The van der Waals surface area contributed by atoms with Gasteiger partial charge in [-0.3, -0.25) is 4.72 Å². The lowest BCUT2D eigenvalue weighted by atomic mass is 9.96. The zero-order valence-corrected chi connectivity index (χ0v) is 16.0. The summed E-state index contributed by atoms with van der Waals surface area (Å²) in [5.74, 6) is 0. The standard InChI is InChI=1S/C21H19NO2S2/c1-26(23,24)22-18-8-5-6-15(13-18)12-17-10-11-25-20-14-16-7-3-2-4-9-19(16)21(17)20/h2-6,8-13,22H,7,14H2,1H3/b17-12-. The maximum absolute atomic E-state index is 11.5. The maximum atomic E-state index is 11.5. The summed E-state index contributed by atoms with van der Waals surface area (Å²) >= 11 is 1.80. The molecule has 0 saturated heterocycles. The van der Waals surface area contributed by atoms with Crippen molar-refractivity contribution in [2.45, 2.75) is 12.8 Å². The normalized spacial score (nSPS) is 20.4. The van der Waals surface area contributed by atoms with Crippen LogP contribution in [-0.2, 0) is 10.0 Å². The van der Waals surface area contributed by atoms with Gasteiger partial charge >= 0.3 is 0 Å². The highest BCUT2D eigenvalue weighted by atomic mass is 32.2. The minimum absolute atomic E-state index is 0.579. The van der Waals surface area contributed by atoms with Gasteiger partial charge in [-0.25, -0.2) is 8.42 Å². The minimum atomic E-state index is -3.28. The van der Waals surface area contributed by atoms with E-state index in [2.05, 4.69) is 46.6 Å². The van der Waals surface area contributed by atoms with Gasteiger partial charge in [0.25, 0.3) is 0 Å². The molecule has 1 N–H and O–H groups in total. The highest BCUT2D eigenvalue weighted by Crippen LogP contribution is 2.48. The molecule has 0 bridgehead atoms. The van der Waals surface area contributed by atoms with Crippen molar-refractivity contribution in [3.8, 4) is 0 Å². The van der Waals surface area contributed by atoms with Crippen LogP contribution in [0.15, 0.2) is 87.3 Å². The van der Waals surface area contributed by atoms with Crippen molar-refractivity contribution in [2.24, 2.45) is 0 Å². The summed E-state index contributed by atoms with van der Waals surface area (Å²) in [6.45, 7) is 0. The molecule has 5 heteroatoms. The van der Waals surface area contributed by atoms with Gasteiger partial charge in [0, 0.05) is 17.0 Å². The van der Waals surface area contributed by atoms with Gasteiger partial charge in [-0.15, -0.1) is 11.8 Å². The molecular weight excluding hydrogens is 362 g/mol. The first-order valence-corrected chi connectivity index (χ1v) is 11.2. The Morgan fingerprint density at radius 2 is 2.08 bits per heavy atom. The van der Waals surface area contributed by atoms with E-state index in [-0.39, 0.29) is 0 Å². The van der Waals surface area contributed by atoms with Gasteiger partial charge in [0.2, 0.25) is 10.0 Å². The highest BCUT2D eigenvalue weighted by molar-refractivity contribution is 8.05. The Kier molecular flexibility index (Phi) is 4.51. The number of nitrogens with one attached hydrogen (secondary N) is 1. The van der Waals surface area contributed by atoms with Crippen LogP contribution in [0.4, 0.5) is 5.69 Å². The van der Waals surface area contributed by atoms with Crippen molar-refractivity contribution < 1.29 is 8.42 Å². The third-order valence-electron chi connectivity index (χ3n) is 4.44. The predicted molar refractivity (Wildman–Crippen MR) is 111 cm³/mol. The lowest BCUT2D eigenvalue weighted by Gasteiger charge is -2.14. The Hall–Kier alpha value is -2.24. The van der Waals surface area contributed by atoms with E-state index in [9.17, 15) is 8.42 Å². The number of sulfonamides is 1. The van der Waals surface area contributed by atoms with Crippen molar-refractivity contribution in [1.29, 1.82) is 0 Å². The fraction of sp³-hybridized carbons (Fsp3) is 0.143. The lowest BCUT2D eigenvalue weighted by Crippen LogP contribution is -2.09. The molecule has 1 aliphatic heterocycles. The number of anilines is 1. The van der Waals surface area contributed by atoms with E-state index < -0.39 is 10.0 Å². The smallest absolute Gasteiger partial charge is 0.229 e. The van der Waals surface area contributed by atoms with Crippen LogP contribution in [0.5, 0.6) is 0 Å². The molecule has 26 heavy (non-hydrogen) atoms. The van der Waals surface area contributed by atoms with Crippen molar-refractivity contribution in [2.75, 3.05) is 11.0 Å². The highest BCUT2D eigenvalue weighted by Gasteiger charge is 2.26. The lowest BCUT2D eigenvalue weighted by molar-refractivity contribution is 0.607. The molecular formula is C21H19NO2S2. The average Bonchev–Trinajstić information content (AvgIpc) is 2.77. The van der Waals surface area contributed by atoms with Crippen LogP contribution in [0.3, 0.4) is 0 Å². The molecule has 1 heterocycles. The molecule has 1 aromatic rings. The fourth-order valence-electron chi connectivity index (χ4n) is 3.42. The number of allylic oxidation sites excluding steroid dienone is 10. The monoisotopic (exact) mass is 381 g/mol. The summed E-state index contributed by atoms with van der Waals surface area (Å²) in [7, 11) is -3.28. The first kappa shape index (κ1) is 17.2. The second-order valence-electron chi connectivity index (χ2n) is 6.50. The molecule has 0 spiro atoms. The van der Waals surface area contributed by atoms with Crippen LogP contribution in [0, 0.1) is 0 Å². The van der Waals surface area contributed by atoms with Crippen molar-refractivity contribution in [1.82, 2.24) is 0 Å². The SMILES string of the molecule is CS(=O)(=O)Nc1cccc(/C=C2/C=CSC3=C2C2=C(CC=CC=C2)C3)c1. The molecule has 0 atom stereocenters. The number of rotatable bonds is 3. The van der Waals surface area contributed by atoms with Crippen LogP contribution >= 0.6 is 11.8 Å². The number of hydrogen-bond acceptors (Lipinski definition) is 3. The summed E-state index contributed by atoms with van der Waals surface area (Å²) in [5.41, 5.74) is 6.84. The van der Waals surface area contributed by atoms with E-state index in [0.29, 0.717) is 5.69 Å². The van der Waals surface area contributed by atoms with Gasteiger partial charge in [-0.2, -0.15) is 0 Å². The molecule has 4 rings (SSSR count). The van der Waals surface area contributed by atoms with Gasteiger partial charge < -0.3 is 0 Å². The quantitative estimate of drug-likeness (QED) is 0.785. The van der Waals surface area contributed by atoms with E-state index in [4.69, 9.17) is 0 Å². The molecule has 2 aliphatic carbocycles. The molecule has 3 aliphatic rings. The first-order chi connectivity index (χ1) is 12.5. The molecule has 0 radical (unpaired) electrons. The molecule has 0 unspecified atom stereocenters. The number of hydrogen-bond donors (Lipinski definition) is 1. The van der Waals surface area contributed by atoms with Crippen LogP contribution in [-0.4, -0.2) is 14.7 Å². The Morgan fingerprint density at radius 3 is 2.92 bits per heavy atom. The third-order valence-corrected chi connectivity index (χ3v) is 5.95. The van der Waals surface area contributed by atoms with Crippen molar-refractivity contribution >= 4 is 33.5 Å². The van der Waals surface area contributed by atoms with Crippen molar-refractivity contribution in [3.63, 3.8) is 0 Å². The predicted octanol–water partition coefficient (Wildman–Crippen LogP) is 5.17. The Bertz CT molecular complexity index is 1050. The molecule has 3 nitrogen and oxygen atoms in total. The summed E-state index contributed by atoms with van der Waals surface area (Å²) in [6.07, 6.45) is 16.1. The third kappa shape index (κ3) is 3.64. The number of thioether (sulfide) groups is 1. The van der Waals surface area contributed by atoms with E-state index >= 15 is 0 Å². The van der Waals surface area contributed by atoms with Crippen LogP contribution < -0.4 is 4.72 Å². The summed E-state index contributed by atoms with van der Waals surface area (Å²) < 4.78 is 25.5. The first-order valence-electron chi connectivity index (χ1n) is 8.41. The zero-order chi connectivity index (χ0) is 18.1. The Morgan fingerprint density at radius 1 is 1.19 bits per heavy atom. The van der Waals surface area contributed by atoms with Gasteiger partial charge in [-0.05, 0) is 58.4 Å². The van der Waals surface area contributed by atoms with E-state index in [0.717, 1.165) is 24.7 Å². The van der Waals surface area contributed by atoms with Crippen molar-refractivity contribution in [3.05, 3.63) is 92.8 Å². The zero-order valence-electron chi connectivity index (χ0n) is 14.4. The van der Waals surface area contributed by atoms with Gasteiger partial charge in [0.1, 0.15) is 0 Å². The van der Waals surface area contributed by atoms with Crippen LogP contribution in [0.2, 0.25) is 0 Å². The van der Waals surface area contributed by atoms with E-state index in [1.165, 1.54) is 27.2 Å². The summed E-state index contributed by atoms with van der Waals surface area (Å²) in [4.78, 5) is 1.40. The maximum Gasteiger partial charge on any atom is 0.229 e. The van der Waals surface area contributed by atoms with Gasteiger partial charge in [-0.1, -0.05) is 42.0 Å². The van der Waals surface area contributed by atoms with E-state index in [1.807, 2.05) is 18.2 Å². The molecule has 0 amide bonds. The van der Waals surface area contributed by atoms with E-state index in [1.54, 1.807) is 17.8 Å². The molecule has 0 saturated carbocycles. The molecule has 132 valence electrons. The fourth-order valence-corrected chi connectivity index (χ4v) is 4.96. The molecule has 0 aromatic heterocycles. The topological polar surface area (TPSA) is 46.2 Å². The minimum Gasteiger partial charge on any atom is -0.284 e. The number of fused-ring (bicyclic) bond motifs is 1. The summed E-state index contributed by atoms with van der Waals surface area (Å²) in [6, 6.07) is 7.48. The van der Waals surface area contributed by atoms with Gasteiger partial charge in [0.15, 0.2) is 0 Å². The average molecular weight is 382 g/mol. The second-order valence-corrected chi connectivity index (χ2v) is 9.25. The molecule has 1 aromatic carbocycles. The molecule has 0 fully saturated rings. The largest absolute Gasteiger partial charge is 0.284 e. The Labute approximate surface area is 158 Å². The number of benzene rings is 1. The Balaban J connectivity index is 1.71. The summed E-state index contributed by atoms with van der Waals surface area (Å²) in [5, 5.41) is 2.13. The van der Waals surface area contributed by atoms with Crippen LogP contribution in [0.1, 0.15) is 18.4 Å². The second kappa shape index (κ2) is 6.82. The van der Waals surface area contributed by atoms with Crippen LogP contribution in [0.25, 0.3) is 6.08 Å².